The third-order valence-electron chi connectivity index (χ3n) is 14.6. The molecule has 3 aromatic heterocycles. The van der Waals surface area contributed by atoms with E-state index in [1.165, 1.54) is 31.4 Å². The lowest BCUT2D eigenvalue weighted by Crippen LogP contribution is -2.53. The Hall–Kier alpha value is -7.95. The normalized spacial score (nSPS) is 18.7. The number of nitrogens with zero attached hydrogens (tertiary/aromatic N) is 5. The van der Waals surface area contributed by atoms with Gasteiger partial charge in [-0.1, -0.05) is 75.2 Å². The minimum Gasteiger partial charge on any atom is -0.465 e. The van der Waals surface area contributed by atoms with E-state index < -0.39 is 24.5 Å². The number of aromatic amines is 2. The second-order valence-corrected chi connectivity index (χ2v) is 19.8. The van der Waals surface area contributed by atoms with Crippen LogP contribution in [-0.2, 0) is 19.1 Å². The summed E-state index contributed by atoms with van der Waals surface area (Å²) in [5, 5.41) is 5.09. The van der Waals surface area contributed by atoms with Crippen LogP contribution in [0.5, 0.6) is 5.75 Å². The third kappa shape index (κ3) is 9.51. The lowest BCUT2D eigenvalue weighted by molar-refractivity contribution is -0.142. The second kappa shape index (κ2) is 20.3. The summed E-state index contributed by atoms with van der Waals surface area (Å²) in [7, 11) is 2.56. The summed E-state index contributed by atoms with van der Waals surface area (Å²) < 4.78 is 33.0. The van der Waals surface area contributed by atoms with Gasteiger partial charge in [-0.15, -0.1) is 0 Å². The summed E-state index contributed by atoms with van der Waals surface area (Å²) in [5.41, 5.74) is 11.6. The molecule has 3 unspecified atom stereocenters. The molecule has 4 N–H and O–H groups in total. The number of fused-ring (bicyclic) bond motifs is 5. The highest BCUT2D eigenvalue weighted by Gasteiger charge is 2.40. The second-order valence-electron chi connectivity index (χ2n) is 19.8. The number of nitrogens with one attached hydrogen (secondary N) is 4. The number of halogens is 1. The van der Waals surface area contributed by atoms with Gasteiger partial charge in [0, 0.05) is 46.5 Å². The smallest absolute Gasteiger partial charge is 0.425 e. The number of H-pyrrole nitrogens is 2. The number of amides is 4. The van der Waals surface area contributed by atoms with Gasteiger partial charge in [0.1, 0.15) is 29.3 Å². The number of aromatic nitrogens is 5. The molecule has 10 rings (SSSR count). The topological polar surface area (TPSA) is 189 Å². The molecular formula is C56H60FN9O7. The van der Waals surface area contributed by atoms with E-state index in [2.05, 4.69) is 73.8 Å². The van der Waals surface area contributed by atoms with Crippen molar-refractivity contribution < 1.29 is 37.8 Å². The van der Waals surface area contributed by atoms with Gasteiger partial charge in [0.15, 0.2) is 0 Å². The number of alkyl carbamates (subject to hydrolysis) is 1. The predicted molar refractivity (Wildman–Crippen MR) is 273 cm³/mol. The fraction of sp³-hybridized carbons (Fsp3) is 0.357. The molecule has 4 aromatic carbocycles. The van der Waals surface area contributed by atoms with Crippen LogP contribution in [0.3, 0.4) is 0 Å². The molecule has 7 aromatic rings. The average Bonchev–Trinajstić information content (AvgIpc) is 4.26. The van der Waals surface area contributed by atoms with Crippen molar-refractivity contribution in [3.8, 4) is 50.6 Å². The Morgan fingerprint density at radius 1 is 0.753 bits per heavy atom. The Morgan fingerprint density at radius 2 is 1.42 bits per heavy atom. The van der Waals surface area contributed by atoms with Gasteiger partial charge in [-0.2, -0.15) is 0 Å². The van der Waals surface area contributed by atoms with E-state index in [0.29, 0.717) is 24.5 Å². The monoisotopic (exact) mass is 989 g/mol. The maximum atomic E-state index is 14.3. The van der Waals surface area contributed by atoms with Gasteiger partial charge in [0.05, 0.1) is 55.3 Å². The van der Waals surface area contributed by atoms with E-state index in [1.54, 1.807) is 23.2 Å². The van der Waals surface area contributed by atoms with Gasteiger partial charge in [0.25, 0.3) is 0 Å². The van der Waals surface area contributed by atoms with E-state index in [9.17, 15) is 23.6 Å². The third-order valence-corrected chi connectivity index (χ3v) is 14.6. The van der Waals surface area contributed by atoms with E-state index >= 15 is 0 Å². The van der Waals surface area contributed by atoms with Gasteiger partial charge in [-0.25, -0.2) is 34.4 Å². The summed E-state index contributed by atoms with van der Waals surface area (Å²) in [6.07, 6.45) is 6.59. The number of hydrazine groups is 1. The Kier molecular flexibility index (Phi) is 13.5. The van der Waals surface area contributed by atoms with E-state index in [-0.39, 0.29) is 47.5 Å². The molecule has 1 saturated carbocycles. The Labute approximate surface area is 422 Å². The first kappa shape index (κ1) is 48.7. The summed E-state index contributed by atoms with van der Waals surface area (Å²) in [4.78, 5) is 70.3. The molecule has 2 aliphatic heterocycles. The molecule has 3 aliphatic rings. The molecule has 16 nitrogen and oxygen atoms in total. The Balaban J connectivity index is 0.910. The molecular weight excluding hydrogens is 930 g/mol. The van der Waals surface area contributed by atoms with Crippen molar-refractivity contribution in [1.29, 1.82) is 0 Å². The van der Waals surface area contributed by atoms with Crippen molar-refractivity contribution in [3.05, 3.63) is 126 Å². The van der Waals surface area contributed by atoms with E-state index in [1.807, 2.05) is 52.1 Å². The molecule has 5 heterocycles. The Morgan fingerprint density at radius 3 is 2.15 bits per heavy atom. The van der Waals surface area contributed by atoms with E-state index in [4.69, 9.17) is 24.2 Å². The van der Waals surface area contributed by atoms with Crippen LogP contribution in [-0.4, -0.2) is 91.3 Å². The summed E-state index contributed by atoms with van der Waals surface area (Å²) >= 11 is 0. The molecule has 0 bridgehead atoms. The van der Waals surface area contributed by atoms with Gasteiger partial charge in [0.2, 0.25) is 18.0 Å². The number of ether oxygens (including phenoxy) is 3. The first-order valence-electron chi connectivity index (χ1n) is 25.0. The minimum atomic E-state index is -0.739. The molecule has 17 heteroatoms. The van der Waals surface area contributed by atoms with Crippen molar-refractivity contribution in [2.45, 2.75) is 96.5 Å². The van der Waals surface area contributed by atoms with Crippen molar-refractivity contribution >= 4 is 34.9 Å². The molecule has 378 valence electrons. The van der Waals surface area contributed by atoms with Crippen LogP contribution in [0, 0.1) is 17.7 Å². The van der Waals surface area contributed by atoms with Crippen LogP contribution in [0.2, 0.25) is 0 Å². The number of methoxy groups -OCH3 is 2. The number of likely N-dealkylation sites (tertiary alicyclic amines) is 1. The number of benzene rings is 4. The van der Waals surface area contributed by atoms with Crippen molar-refractivity contribution in [2.24, 2.45) is 11.8 Å². The van der Waals surface area contributed by atoms with Crippen LogP contribution in [0.4, 0.5) is 14.0 Å². The molecule has 1 saturated heterocycles. The first-order valence-corrected chi connectivity index (χ1v) is 25.0. The predicted octanol–water partition coefficient (Wildman–Crippen LogP) is 10.7. The zero-order valence-corrected chi connectivity index (χ0v) is 41.8. The number of hydrogen-bond donors (Lipinski definition) is 4. The van der Waals surface area contributed by atoms with Crippen LogP contribution in [0.1, 0.15) is 102 Å². The van der Waals surface area contributed by atoms with Gasteiger partial charge < -0.3 is 39.0 Å². The fourth-order valence-corrected chi connectivity index (χ4v) is 10.8. The molecule has 1 aliphatic carbocycles. The van der Waals surface area contributed by atoms with Gasteiger partial charge in [-0.3, -0.25) is 9.59 Å². The maximum Gasteiger partial charge on any atom is 0.425 e. The Bertz CT molecular complexity index is 3180. The quantitative estimate of drug-likeness (QED) is 0.0914. The van der Waals surface area contributed by atoms with Crippen molar-refractivity contribution in [2.75, 3.05) is 20.8 Å². The summed E-state index contributed by atoms with van der Waals surface area (Å²) in [6.45, 7) is 8.04. The standard InChI is InChI=1S/C56H60FN9O7/c1-31(2)49(62-55(69)71-5)53(68)64-25-9-12-46(64)51-59-30-44(61-51)37-19-23-42-47-27-38-26-36(20-24-45(38)65(47)54(73-48(42)28-37)35-17-21-39(57)22-18-35)33-13-15-34(16-14-33)43-29-58-50(60-43)40-10-7-8-11-41(40)52(67)66(32(3)4)63-56(70)72-6/h13-24,26-32,40-41,46,49,54H,7-12,25H2,1-6H3,(H,58,60)(H,59,61)(H,62,69)(H,63,70)/t40?,41?,46-,49-,54?/m0/s1. The maximum absolute atomic E-state index is 14.3. The number of carbonyl (C=O) groups is 4. The molecule has 0 spiro atoms. The molecule has 2 fully saturated rings. The summed E-state index contributed by atoms with van der Waals surface area (Å²) in [5.74, 6) is 0.785. The van der Waals surface area contributed by atoms with Crippen LogP contribution >= 0.6 is 0 Å². The van der Waals surface area contributed by atoms with Crippen molar-refractivity contribution in [3.63, 3.8) is 0 Å². The molecule has 73 heavy (non-hydrogen) atoms. The summed E-state index contributed by atoms with van der Waals surface area (Å²) in [6, 6.07) is 28.0. The average molecular weight is 990 g/mol. The van der Waals surface area contributed by atoms with Crippen LogP contribution < -0.4 is 15.5 Å². The highest BCUT2D eigenvalue weighted by Crippen LogP contribution is 2.47. The fourth-order valence-electron chi connectivity index (χ4n) is 10.8. The van der Waals surface area contributed by atoms with Crippen LogP contribution in [0.15, 0.2) is 103 Å². The molecule has 4 amide bonds. The number of carbonyl (C=O) groups excluding carboxylic acids is 4. The molecule has 5 atom stereocenters. The number of hydrogen-bond acceptors (Lipinski definition) is 9. The largest absolute Gasteiger partial charge is 0.465 e. The zero-order valence-electron chi connectivity index (χ0n) is 41.8. The number of imidazole rings is 2. The van der Waals surface area contributed by atoms with Crippen LogP contribution in [0.25, 0.3) is 55.8 Å². The van der Waals surface area contributed by atoms with Gasteiger partial charge in [-0.05, 0) is 105 Å². The highest BCUT2D eigenvalue weighted by molar-refractivity contribution is 5.93. The molecule has 0 radical (unpaired) electrons. The van der Waals surface area contributed by atoms with Crippen molar-refractivity contribution in [1.82, 2.24) is 45.2 Å². The van der Waals surface area contributed by atoms with Gasteiger partial charge >= 0.3 is 12.2 Å². The highest BCUT2D eigenvalue weighted by atomic mass is 19.1. The lowest BCUT2D eigenvalue weighted by atomic mass is 9.78. The first-order chi connectivity index (χ1) is 35.3. The number of rotatable bonds is 11. The SMILES string of the molecule is COC(=O)N[C@H](C(=O)N1CCC[C@H]1c1ncc(-c2ccc3c(c2)OC(c2ccc(F)cc2)n2c-3cc3cc(-c4ccc(-c5cnc(C6CCCCC6C(=O)N(NC(=O)OC)C(C)C)[nH]5)cc4)ccc32)[nH]1)C(C)C. The lowest BCUT2D eigenvalue weighted by Gasteiger charge is -2.35. The zero-order chi connectivity index (χ0) is 51.1. The van der Waals surface area contributed by atoms with E-state index in [0.717, 1.165) is 99.3 Å². The minimum absolute atomic E-state index is 0.127.